The molecule has 0 fully saturated rings. The zero-order valence-corrected chi connectivity index (χ0v) is 11.3. The van der Waals surface area contributed by atoms with Gasteiger partial charge in [0, 0.05) is 18.9 Å². The third kappa shape index (κ3) is 3.53. The highest BCUT2D eigenvalue weighted by Crippen LogP contribution is 2.19. The summed E-state index contributed by atoms with van der Waals surface area (Å²) in [5, 5.41) is 2.53. The van der Waals surface area contributed by atoms with Gasteiger partial charge >= 0.3 is 0 Å². The number of aromatic nitrogens is 1. The van der Waals surface area contributed by atoms with Gasteiger partial charge in [-0.2, -0.15) is 0 Å². The Hall–Kier alpha value is -1.91. The van der Waals surface area contributed by atoms with Gasteiger partial charge in [-0.05, 0) is 37.3 Å². The van der Waals surface area contributed by atoms with Crippen LogP contribution in [-0.2, 0) is 12.8 Å². The number of amides is 1. The summed E-state index contributed by atoms with van der Waals surface area (Å²) in [6, 6.07) is 1.94. The molecular formula is C14H20N4O. The van der Waals surface area contributed by atoms with Crippen LogP contribution in [0.15, 0.2) is 17.3 Å². The number of rotatable bonds is 1. The molecule has 1 amide bonds. The average molecular weight is 260 g/mol. The Morgan fingerprint density at radius 2 is 2.05 bits per heavy atom. The SMILES string of the molecule is CN=C(N)NC(=O)c1cnc2c(c1)CCCCCC2. The standard InChI is InChI=1S/C14H20N4O/c1-16-14(15)18-13(19)11-8-10-6-4-2-3-5-7-12(10)17-9-11/h8-9H,2-7H2,1H3,(H3,15,16,18,19). The maximum Gasteiger partial charge on any atom is 0.259 e. The number of nitrogens with one attached hydrogen (secondary N) is 1. The van der Waals surface area contributed by atoms with Gasteiger partial charge in [-0.25, -0.2) is 0 Å². The van der Waals surface area contributed by atoms with E-state index >= 15 is 0 Å². The van der Waals surface area contributed by atoms with E-state index in [1.165, 1.54) is 31.9 Å². The minimum atomic E-state index is -0.250. The topological polar surface area (TPSA) is 80.4 Å². The molecule has 0 saturated heterocycles. The number of hydrogen-bond acceptors (Lipinski definition) is 3. The molecule has 2 rings (SSSR count). The number of nitrogens with two attached hydrogens (primary N) is 1. The number of guanidine groups is 1. The first-order valence-corrected chi connectivity index (χ1v) is 6.72. The van der Waals surface area contributed by atoms with Crippen LogP contribution in [0.4, 0.5) is 0 Å². The first kappa shape index (κ1) is 13.5. The van der Waals surface area contributed by atoms with Gasteiger partial charge in [0.1, 0.15) is 0 Å². The van der Waals surface area contributed by atoms with Crippen molar-refractivity contribution in [2.75, 3.05) is 7.05 Å². The first-order chi connectivity index (χ1) is 9.20. The Morgan fingerprint density at radius 1 is 1.32 bits per heavy atom. The van der Waals surface area contributed by atoms with Gasteiger partial charge < -0.3 is 5.73 Å². The minimum absolute atomic E-state index is 0.122. The first-order valence-electron chi connectivity index (χ1n) is 6.72. The smallest absolute Gasteiger partial charge is 0.259 e. The molecule has 102 valence electrons. The van der Waals surface area contributed by atoms with Crippen molar-refractivity contribution in [3.63, 3.8) is 0 Å². The van der Waals surface area contributed by atoms with Crippen LogP contribution in [0.1, 0.15) is 47.3 Å². The molecule has 1 aliphatic carbocycles. The molecule has 19 heavy (non-hydrogen) atoms. The van der Waals surface area contributed by atoms with Gasteiger partial charge in [0.2, 0.25) is 0 Å². The van der Waals surface area contributed by atoms with Gasteiger partial charge in [-0.3, -0.25) is 20.1 Å². The molecule has 0 saturated carbocycles. The Labute approximate surface area is 113 Å². The normalized spacial score (nSPS) is 16.2. The fourth-order valence-corrected chi connectivity index (χ4v) is 2.31. The molecule has 3 N–H and O–H groups in total. The molecular weight excluding hydrogens is 240 g/mol. The van der Waals surface area contributed by atoms with E-state index in [0.717, 1.165) is 25.0 Å². The summed E-state index contributed by atoms with van der Waals surface area (Å²) in [5.74, 6) is -0.128. The van der Waals surface area contributed by atoms with Crippen molar-refractivity contribution in [1.29, 1.82) is 0 Å². The fourth-order valence-electron chi connectivity index (χ4n) is 2.31. The van der Waals surface area contributed by atoms with Crippen molar-refractivity contribution in [2.24, 2.45) is 10.7 Å². The maximum absolute atomic E-state index is 11.9. The van der Waals surface area contributed by atoms with Crippen molar-refractivity contribution in [1.82, 2.24) is 10.3 Å². The van der Waals surface area contributed by atoms with E-state index in [-0.39, 0.29) is 11.9 Å². The number of pyridine rings is 1. The van der Waals surface area contributed by atoms with Gasteiger partial charge in [-0.15, -0.1) is 0 Å². The molecule has 1 aliphatic rings. The van der Waals surface area contributed by atoms with Crippen molar-refractivity contribution < 1.29 is 4.79 Å². The molecule has 5 nitrogen and oxygen atoms in total. The highest BCUT2D eigenvalue weighted by atomic mass is 16.1. The Bertz CT molecular complexity index is 496. The molecule has 1 aromatic rings. The summed E-state index contributed by atoms with van der Waals surface area (Å²) in [6.07, 6.45) is 8.51. The van der Waals surface area contributed by atoms with E-state index in [0.29, 0.717) is 5.56 Å². The van der Waals surface area contributed by atoms with Crippen LogP contribution in [-0.4, -0.2) is 23.9 Å². The van der Waals surface area contributed by atoms with Gasteiger partial charge in [0.15, 0.2) is 5.96 Å². The summed E-state index contributed by atoms with van der Waals surface area (Å²) < 4.78 is 0. The number of hydrogen-bond donors (Lipinski definition) is 2. The largest absolute Gasteiger partial charge is 0.370 e. The fraction of sp³-hybridized carbons (Fsp3) is 0.500. The lowest BCUT2D eigenvalue weighted by atomic mass is 9.96. The molecule has 0 aliphatic heterocycles. The molecule has 1 aromatic heterocycles. The average Bonchev–Trinajstić information content (AvgIpc) is 2.39. The second-order valence-electron chi connectivity index (χ2n) is 4.81. The zero-order chi connectivity index (χ0) is 13.7. The predicted octanol–water partition coefficient (Wildman–Crippen LogP) is 1.41. The molecule has 0 spiro atoms. The van der Waals surface area contributed by atoms with Gasteiger partial charge in [-0.1, -0.05) is 12.8 Å². The molecule has 0 atom stereocenters. The lowest BCUT2D eigenvalue weighted by molar-refractivity contribution is 0.0976. The summed E-state index contributed by atoms with van der Waals surface area (Å²) in [7, 11) is 1.54. The molecule has 0 unspecified atom stereocenters. The van der Waals surface area contributed by atoms with E-state index in [9.17, 15) is 4.79 Å². The van der Waals surface area contributed by atoms with Crippen LogP contribution < -0.4 is 11.1 Å². The molecule has 0 aromatic carbocycles. The monoisotopic (exact) mass is 260 g/mol. The van der Waals surface area contributed by atoms with E-state index < -0.39 is 0 Å². The summed E-state index contributed by atoms with van der Waals surface area (Å²) >= 11 is 0. The molecule has 0 bridgehead atoms. The summed E-state index contributed by atoms with van der Waals surface area (Å²) in [6.45, 7) is 0. The summed E-state index contributed by atoms with van der Waals surface area (Å²) in [5.41, 5.74) is 8.37. The van der Waals surface area contributed by atoms with Gasteiger partial charge in [0.05, 0.1) is 5.56 Å². The Morgan fingerprint density at radius 3 is 2.79 bits per heavy atom. The second-order valence-corrected chi connectivity index (χ2v) is 4.81. The minimum Gasteiger partial charge on any atom is -0.370 e. The van der Waals surface area contributed by atoms with E-state index in [1.54, 1.807) is 6.20 Å². The molecule has 0 radical (unpaired) electrons. The summed E-state index contributed by atoms with van der Waals surface area (Å²) in [4.78, 5) is 20.1. The third-order valence-electron chi connectivity index (χ3n) is 3.41. The Kier molecular flexibility index (Phi) is 4.49. The van der Waals surface area contributed by atoms with E-state index in [1.807, 2.05) is 6.07 Å². The quantitative estimate of drug-likeness (QED) is 0.592. The van der Waals surface area contributed by atoms with Crippen LogP contribution in [0.3, 0.4) is 0 Å². The number of carbonyl (C=O) groups is 1. The maximum atomic E-state index is 11.9. The number of nitrogens with zero attached hydrogens (tertiary/aromatic N) is 2. The van der Waals surface area contributed by atoms with Crippen LogP contribution in [0, 0.1) is 0 Å². The van der Waals surface area contributed by atoms with Gasteiger partial charge in [0.25, 0.3) is 5.91 Å². The van der Waals surface area contributed by atoms with Crippen LogP contribution >= 0.6 is 0 Å². The van der Waals surface area contributed by atoms with Crippen molar-refractivity contribution in [3.05, 3.63) is 29.1 Å². The van der Waals surface area contributed by atoms with Crippen molar-refractivity contribution in [3.8, 4) is 0 Å². The van der Waals surface area contributed by atoms with Crippen molar-refractivity contribution in [2.45, 2.75) is 38.5 Å². The van der Waals surface area contributed by atoms with E-state index in [2.05, 4.69) is 15.3 Å². The molecule has 5 heteroatoms. The van der Waals surface area contributed by atoms with Crippen LogP contribution in [0.5, 0.6) is 0 Å². The lowest BCUT2D eigenvalue weighted by Crippen LogP contribution is -2.36. The Balaban J connectivity index is 2.19. The second kappa shape index (κ2) is 6.31. The molecule has 1 heterocycles. The predicted molar refractivity (Wildman–Crippen MR) is 75.1 cm³/mol. The van der Waals surface area contributed by atoms with Crippen LogP contribution in [0.2, 0.25) is 0 Å². The van der Waals surface area contributed by atoms with Crippen LogP contribution in [0.25, 0.3) is 0 Å². The third-order valence-corrected chi connectivity index (χ3v) is 3.41. The number of fused-ring (bicyclic) bond motifs is 1. The number of aryl methyl sites for hydroxylation is 2. The number of aliphatic imine (C=N–C) groups is 1. The highest BCUT2D eigenvalue weighted by Gasteiger charge is 2.13. The number of carbonyl (C=O) groups excluding carboxylic acids is 1. The van der Waals surface area contributed by atoms with Crippen molar-refractivity contribution >= 4 is 11.9 Å². The lowest BCUT2D eigenvalue weighted by Gasteiger charge is -2.13. The highest BCUT2D eigenvalue weighted by molar-refractivity contribution is 6.05. The van der Waals surface area contributed by atoms with E-state index in [4.69, 9.17) is 5.73 Å². The zero-order valence-electron chi connectivity index (χ0n) is 11.3.